The van der Waals surface area contributed by atoms with Gasteiger partial charge in [0.05, 0.1) is 17.6 Å². The number of rotatable bonds is 6. The molecular weight excluding hydrogens is 268 g/mol. The number of ether oxygens (including phenoxy) is 1. The van der Waals surface area contributed by atoms with Crippen molar-refractivity contribution in [2.75, 3.05) is 33.0 Å². The molecule has 0 saturated carbocycles. The second kappa shape index (κ2) is 6.78. The Hall–Kier alpha value is -2.26. The lowest BCUT2D eigenvalue weighted by molar-refractivity contribution is -0.385. The molecule has 1 heterocycles. The molecule has 0 aliphatic carbocycles. The molecule has 9 nitrogen and oxygen atoms in total. The maximum atomic E-state index is 12.1. The van der Waals surface area contributed by atoms with E-state index in [1.165, 1.54) is 14.2 Å². The Labute approximate surface area is 115 Å². The van der Waals surface area contributed by atoms with Gasteiger partial charge < -0.3 is 20.5 Å². The first kappa shape index (κ1) is 15.8. The topological polar surface area (TPSA) is 132 Å². The van der Waals surface area contributed by atoms with E-state index in [-0.39, 0.29) is 24.5 Å². The number of carbonyl (C=O) groups excluding carboxylic acids is 1. The Kier molecular flexibility index (Phi) is 5.35. The molecule has 0 saturated heterocycles. The third kappa shape index (κ3) is 3.87. The van der Waals surface area contributed by atoms with E-state index in [0.29, 0.717) is 0 Å². The molecule has 1 amide bonds. The molecule has 1 aromatic rings. The Bertz CT molecular complexity index is 508. The average Bonchev–Trinajstić information content (AvgIpc) is 2.37. The van der Waals surface area contributed by atoms with Gasteiger partial charge >= 0.3 is 0 Å². The van der Waals surface area contributed by atoms with E-state index in [2.05, 4.69) is 4.98 Å². The highest BCUT2D eigenvalue weighted by Gasteiger charge is 2.25. The van der Waals surface area contributed by atoms with Gasteiger partial charge in [0.25, 0.3) is 11.6 Å². The molecule has 1 rings (SSSR count). The summed E-state index contributed by atoms with van der Waals surface area (Å²) in [7, 11) is 2.83. The van der Waals surface area contributed by atoms with Crippen molar-refractivity contribution in [1.82, 2.24) is 9.88 Å². The van der Waals surface area contributed by atoms with E-state index >= 15 is 0 Å². The van der Waals surface area contributed by atoms with Crippen molar-refractivity contribution in [2.24, 2.45) is 0 Å². The van der Waals surface area contributed by atoms with Gasteiger partial charge in [0.15, 0.2) is 0 Å². The number of nitrogen functional groups attached to an aromatic ring is 1. The van der Waals surface area contributed by atoms with Crippen molar-refractivity contribution in [3.05, 3.63) is 27.9 Å². The second-order valence-corrected chi connectivity index (χ2v) is 4.18. The van der Waals surface area contributed by atoms with Crippen molar-refractivity contribution in [3.63, 3.8) is 0 Å². The number of hydrogen-bond acceptors (Lipinski definition) is 7. The zero-order chi connectivity index (χ0) is 15.3. The highest BCUT2D eigenvalue weighted by molar-refractivity contribution is 5.98. The fourth-order valence-electron chi connectivity index (χ4n) is 1.63. The monoisotopic (exact) mass is 284 g/mol. The predicted octanol–water partition coefficient (Wildman–Crippen LogP) is -0.349. The van der Waals surface area contributed by atoms with Crippen molar-refractivity contribution in [1.29, 1.82) is 0 Å². The van der Waals surface area contributed by atoms with E-state index < -0.39 is 22.6 Å². The Morgan fingerprint density at radius 1 is 1.70 bits per heavy atom. The summed E-state index contributed by atoms with van der Waals surface area (Å²) in [5, 5.41) is 20.4. The summed E-state index contributed by atoms with van der Waals surface area (Å²) < 4.78 is 4.74. The highest BCUT2D eigenvalue weighted by atomic mass is 16.6. The summed E-state index contributed by atoms with van der Waals surface area (Å²) in [6.45, 7) is 0.0320. The third-order valence-electron chi connectivity index (χ3n) is 2.52. The normalized spacial score (nSPS) is 11.9. The average molecular weight is 284 g/mol. The van der Waals surface area contributed by atoms with Crippen molar-refractivity contribution in [3.8, 4) is 0 Å². The lowest BCUT2D eigenvalue weighted by atomic mass is 10.2. The standard InChI is InChI=1S/C11H16N4O5/c1-14(5-7(16)6-20-2)11(17)8-3-10(12)13-4-9(8)15(18)19/h3-4,7,16H,5-6H2,1-2H3,(H2,12,13). The van der Waals surface area contributed by atoms with Gasteiger partial charge in [-0.05, 0) is 6.07 Å². The van der Waals surface area contributed by atoms with Crippen LogP contribution in [0.3, 0.4) is 0 Å². The zero-order valence-electron chi connectivity index (χ0n) is 11.1. The first-order chi connectivity index (χ1) is 9.36. The Balaban J connectivity index is 2.96. The van der Waals surface area contributed by atoms with Crippen LogP contribution < -0.4 is 5.73 Å². The van der Waals surface area contributed by atoms with Gasteiger partial charge in [0.1, 0.15) is 17.6 Å². The van der Waals surface area contributed by atoms with Crippen LogP contribution in [-0.2, 0) is 4.74 Å². The van der Waals surface area contributed by atoms with Gasteiger partial charge in [-0.3, -0.25) is 14.9 Å². The number of nitro groups is 1. The third-order valence-corrected chi connectivity index (χ3v) is 2.52. The van der Waals surface area contributed by atoms with Crippen LogP contribution in [-0.4, -0.2) is 59.2 Å². The van der Waals surface area contributed by atoms with E-state index in [4.69, 9.17) is 10.5 Å². The van der Waals surface area contributed by atoms with Crippen LogP contribution in [0.25, 0.3) is 0 Å². The van der Waals surface area contributed by atoms with Crippen molar-refractivity contribution < 1.29 is 19.6 Å². The number of aliphatic hydroxyl groups is 1. The van der Waals surface area contributed by atoms with E-state index in [9.17, 15) is 20.0 Å². The molecule has 0 aliphatic heterocycles. The molecule has 0 radical (unpaired) electrons. The number of amides is 1. The number of anilines is 1. The first-order valence-electron chi connectivity index (χ1n) is 5.69. The molecule has 110 valence electrons. The lowest BCUT2D eigenvalue weighted by Gasteiger charge is -2.20. The summed E-state index contributed by atoms with van der Waals surface area (Å²) in [5.74, 6) is -0.620. The van der Waals surface area contributed by atoms with E-state index in [1.54, 1.807) is 0 Å². The largest absolute Gasteiger partial charge is 0.389 e. The van der Waals surface area contributed by atoms with Gasteiger partial charge in [-0.15, -0.1) is 0 Å². The molecule has 20 heavy (non-hydrogen) atoms. The molecular formula is C11H16N4O5. The minimum absolute atomic E-state index is 0.00444. The first-order valence-corrected chi connectivity index (χ1v) is 5.69. The predicted molar refractivity (Wildman–Crippen MR) is 70.1 cm³/mol. The van der Waals surface area contributed by atoms with Gasteiger partial charge in [-0.1, -0.05) is 0 Å². The van der Waals surface area contributed by atoms with E-state index in [0.717, 1.165) is 17.2 Å². The van der Waals surface area contributed by atoms with Crippen LogP contribution in [0.5, 0.6) is 0 Å². The summed E-state index contributed by atoms with van der Waals surface area (Å²) in [6, 6.07) is 1.14. The second-order valence-electron chi connectivity index (χ2n) is 4.18. The summed E-state index contributed by atoms with van der Waals surface area (Å²) in [4.78, 5) is 27.1. The molecule has 1 atom stereocenters. The summed E-state index contributed by atoms with van der Waals surface area (Å²) >= 11 is 0. The molecule has 9 heteroatoms. The van der Waals surface area contributed by atoms with E-state index in [1.807, 2.05) is 0 Å². The van der Waals surface area contributed by atoms with Crippen LogP contribution in [0.1, 0.15) is 10.4 Å². The molecule has 0 fully saturated rings. The number of nitrogens with zero attached hydrogens (tertiary/aromatic N) is 3. The minimum Gasteiger partial charge on any atom is -0.389 e. The van der Waals surface area contributed by atoms with Crippen LogP contribution in [0.2, 0.25) is 0 Å². The Morgan fingerprint density at radius 2 is 2.35 bits per heavy atom. The maximum Gasteiger partial charge on any atom is 0.300 e. The summed E-state index contributed by atoms with van der Waals surface area (Å²) in [5.41, 5.74) is 4.84. The molecule has 3 N–H and O–H groups in total. The molecule has 1 unspecified atom stereocenters. The number of aromatic nitrogens is 1. The van der Waals surface area contributed by atoms with Gasteiger partial charge in [-0.2, -0.15) is 0 Å². The molecule has 0 spiro atoms. The summed E-state index contributed by atoms with van der Waals surface area (Å²) in [6.07, 6.45) is 0.0503. The molecule has 0 bridgehead atoms. The fraction of sp³-hybridized carbons (Fsp3) is 0.455. The molecule has 0 aromatic carbocycles. The quantitative estimate of drug-likeness (QED) is 0.539. The van der Waals surface area contributed by atoms with Gasteiger partial charge in [0.2, 0.25) is 0 Å². The minimum atomic E-state index is -0.882. The molecule has 0 aliphatic rings. The number of hydrogen-bond donors (Lipinski definition) is 2. The van der Waals surface area contributed by atoms with Gasteiger partial charge in [0, 0.05) is 20.7 Å². The highest BCUT2D eigenvalue weighted by Crippen LogP contribution is 2.20. The molecule has 1 aromatic heterocycles. The van der Waals surface area contributed by atoms with Crippen LogP contribution in [0.4, 0.5) is 11.5 Å². The number of pyridine rings is 1. The number of carbonyl (C=O) groups is 1. The zero-order valence-corrected chi connectivity index (χ0v) is 11.1. The number of nitrogens with two attached hydrogens (primary N) is 1. The lowest BCUT2D eigenvalue weighted by Crippen LogP contribution is -2.36. The maximum absolute atomic E-state index is 12.1. The smallest absolute Gasteiger partial charge is 0.300 e. The van der Waals surface area contributed by atoms with Crippen molar-refractivity contribution in [2.45, 2.75) is 6.10 Å². The number of aliphatic hydroxyl groups excluding tert-OH is 1. The van der Waals surface area contributed by atoms with Crippen molar-refractivity contribution >= 4 is 17.4 Å². The Morgan fingerprint density at radius 3 is 2.90 bits per heavy atom. The van der Waals surface area contributed by atoms with Crippen LogP contribution >= 0.6 is 0 Å². The number of methoxy groups -OCH3 is 1. The number of likely N-dealkylation sites (N-methyl/N-ethyl adjacent to an activating group) is 1. The fourth-order valence-corrected chi connectivity index (χ4v) is 1.63. The van der Waals surface area contributed by atoms with Crippen LogP contribution in [0.15, 0.2) is 12.3 Å². The van der Waals surface area contributed by atoms with Gasteiger partial charge in [-0.25, -0.2) is 4.98 Å². The SMILES string of the molecule is COCC(O)CN(C)C(=O)c1cc(N)ncc1[N+](=O)[O-]. The van der Waals surface area contributed by atoms with Crippen LogP contribution in [0, 0.1) is 10.1 Å².